The van der Waals surface area contributed by atoms with E-state index in [1.165, 1.54) is 0 Å². The molecule has 2 N–H and O–H groups in total. The maximum Gasteiger partial charge on any atom is 0.251 e. The predicted octanol–water partition coefficient (Wildman–Crippen LogP) is 3.91. The first kappa shape index (κ1) is 21.1. The lowest BCUT2D eigenvalue weighted by atomic mass is 9.90. The number of allylic oxidation sites excluding steroid dienone is 2. The number of aryl methyl sites for hydroxylation is 1. The number of halogens is 2. The number of amides is 1. The lowest BCUT2D eigenvalue weighted by Gasteiger charge is -2.30. The number of hydrogen-bond acceptors (Lipinski definition) is 5. The molecule has 8 heteroatoms. The molecule has 152 valence electrons. The van der Waals surface area contributed by atoms with Crippen molar-refractivity contribution in [2.24, 2.45) is 0 Å². The lowest BCUT2D eigenvalue weighted by molar-refractivity contribution is -0.118. The monoisotopic (exact) mass is 467 g/mol. The smallest absolute Gasteiger partial charge is 0.251 e. The maximum atomic E-state index is 12.5. The van der Waals surface area contributed by atoms with E-state index in [9.17, 15) is 4.79 Å². The summed E-state index contributed by atoms with van der Waals surface area (Å²) in [5, 5.41) is 6.63. The van der Waals surface area contributed by atoms with Crippen molar-refractivity contribution in [3.63, 3.8) is 0 Å². The molecule has 2 aliphatic carbocycles. The fourth-order valence-corrected chi connectivity index (χ4v) is 4.10. The molecule has 1 amide bonds. The van der Waals surface area contributed by atoms with E-state index in [-0.39, 0.29) is 17.3 Å². The highest BCUT2D eigenvalue weighted by Crippen LogP contribution is 2.28. The predicted molar refractivity (Wildman–Crippen MR) is 118 cm³/mol. The number of rotatable bonds is 5. The average molecular weight is 469 g/mol. The van der Waals surface area contributed by atoms with Crippen molar-refractivity contribution in [1.29, 1.82) is 0 Å². The summed E-state index contributed by atoms with van der Waals surface area (Å²) in [4.78, 5) is 23.4. The van der Waals surface area contributed by atoms with Crippen LogP contribution in [0.1, 0.15) is 37.9 Å². The van der Waals surface area contributed by atoms with Gasteiger partial charge in [0.25, 0.3) is 5.91 Å². The molecular formula is C20H27BrClN5O. The van der Waals surface area contributed by atoms with Crippen molar-refractivity contribution in [1.82, 2.24) is 15.3 Å². The van der Waals surface area contributed by atoms with Crippen LogP contribution in [0.3, 0.4) is 0 Å². The Balaban J connectivity index is 1.51. The molecule has 0 bridgehead atoms. The molecule has 0 radical (unpaired) electrons. The summed E-state index contributed by atoms with van der Waals surface area (Å²) in [6, 6.07) is 2.54. The zero-order valence-corrected chi connectivity index (χ0v) is 18.8. The largest absolute Gasteiger partial charge is 0.367 e. The van der Waals surface area contributed by atoms with Gasteiger partial charge in [0.2, 0.25) is 0 Å². The van der Waals surface area contributed by atoms with Gasteiger partial charge >= 0.3 is 0 Å². The van der Waals surface area contributed by atoms with Crippen molar-refractivity contribution < 1.29 is 4.79 Å². The third-order valence-corrected chi connectivity index (χ3v) is 6.55. The Morgan fingerprint density at radius 1 is 1.21 bits per heavy atom. The van der Waals surface area contributed by atoms with Crippen LogP contribution in [0.2, 0.25) is 0 Å². The average Bonchev–Trinajstić information content (AvgIpc) is 2.65. The Hall–Kier alpha value is -1.60. The highest BCUT2D eigenvalue weighted by molar-refractivity contribution is 9.11. The molecule has 0 spiro atoms. The van der Waals surface area contributed by atoms with Gasteiger partial charge in [-0.2, -0.15) is 0 Å². The van der Waals surface area contributed by atoms with E-state index in [1.54, 1.807) is 0 Å². The molecule has 28 heavy (non-hydrogen) atoms. The summed E-state index contributed by atoms with van der Waals surface area (Å²) < 4.78 is 0.868. The summed E-state index contributed by atoms with van der Waals surface area (Å²) in [6.45, 7) is 1.91. The molecule has 1 aromatic rings. The second-order valence-corrected chi connectivity index (χ2v) is 9.05. The topological polar surface area (TPSA) is 70.2 Å². The van der Waals surface area contributed by atoms with Crippen LogP contribution in [0.25, 0.3) is 0 Å². The van der Waals surface area contributed by atoms with Crippen molar-refractivity contribution in [3.05, 3.63) is 34.1 Å². The van der Waals surface area contributed by atoms with Crippen molar-refractivity contribution in [2.45, 2.75) is 56.5 Å². The molecule has 1 unspecified atom stereocenters. The molecule has 3 rings (SSSR count). The normalized spacial score (nSPS) is 24.8. The summed E-state index contributed by atoms with van der Waals surface area (Å²) in [5.74, 6) is 2.50. The Morgan fingerprint density at radius 2 is 1.89 bits per heavy atom. The van der Waals surface area contributed by atoms with E-state index in [1.807, 2.05) is 44.1 Å². The highest BCUT2D eigenvalue weighted by Gasteiger charge is 2.25. The SMILES string of the molecule is Cc1nc(NC2CCC(NC(=O)C3=CCC(Cl)C(Br)=C3)CC2)cc(N(C)C)n1. The zero-order valence-electron chi connectivity index (χ0n) is 16.5. The second kappa shape index (κ2) is 9.27. The minimum absolute atomic E-state index is 0.0148. The molecule has 2 aliphatic rings. The Kier molecular flexibility index (Phi) is 6.99. The molecule has 1 aromatic heterocycles. The zero-order chi connectivity index (χ0) is 20.3. The number of nitrogens with zero attached hydrogens (tertiary/aromatic N) is 3. The third kappa shape index (κ3) is 5.47. The number of alkyl halides is 1. The van der Waals surface area contributed by atoms with E-state index in [0.29, 0.717) is 18.0 Å². The molecule has 1 atom stereocenters. The molecule has 0 aromatic carbocycles. The fourth-order valence-electron chi connectivity index (χ4n) is 3.51. The van der Waals surface area contributed by atoms with Gasteiger partial charge in [0.1, 0.15) is 17.5 Å². The standard InChI is InChI=1S/C20H27BrClN5O/c1-12-23-18(11-19(24-12)27(2)3)25-14-5-7-15(8-6-14)26-20(28)13-4-9-17(22)16(21)10-13/h4,10-11,14-15,17H,5-9H2,1-3H3,(H,26,28)(H,23,24,25). The minimum atomic E-state index is -0.0727. The van der Waals surface area contributed by atoms with E-state index < -0.39 is 0 Å². The molecule has 0 aliphatic heterocycles. The van der Waals surface area contributed by atoms with Gasteiger partial charge in [-0.05, 0) is 45.1 Å². The number of hydrogen-bond donors (Lipinski definition) is 2. The van der Waals surface area contributed by atoms with Crippen molar-refractivity contribution in [3.8, 4) is 0 Å². The van der Waals surface area contributed by atoms with Crippen molar-refractivity contribution in [2.75, 3.05) is 24.3 Å². The van der Waals surface area contributed by atoms with Gasteiger partial charge in [-0.1, -0.05) is 22.0 Å². The van der Waals surface area contributed by atoms with E-state index in [0.717, 1.165) is 47.6 Å². The summed E-state index contributed by atoms with van der Waals surface area (Å²) >= 11 is 9.57. The Morgan fingerprint density at radius 3 is 2.54 bits per heavy atom. The summed E-state index contributed by atoms with van der Waals surface area (Å²) in [7, 11) is 3.95. The maximum absolute atomic E-state index is 12.5. The first-order chi connectivity index (χ1) is 13.3. The third-order valence-electron chi connectivity index (χ3n) is 5.10. The number of carbonyl (C=O) groups is 1. The van der Waals surface area contributed by atoms with E-state index in [4.69, 9.17) is 11.6 Å². The Labute approximate surface area is 180 Å². The van der Waals surface area contributed by atoms with E-state index in [2.05, 4.69) is 36.5 Å². The quantitative estimate of drug-likeness (QED) is 0.641. The molecule has 6 nitrogen and oxygen atoms in total. The van der Waals surface area contributed by atoms with Crippen LogP contribution in [0.5, 0.6) is 0 Å². The van der Waals surface area contributed by atoms with Gasteiger partial charge in [0.05, 0.1) is 5.38 Å². The van der Waals surface area contributed by atoms with Gasteiger partial charge in [-0.15, -0.1) is 11.6 Å². The Bertz CT molecular complexity index is 787. The minimum Gasteiger partial charge on any atom is -0.367 e. The van der Waals surface area contributed by atoms with Crippen LogP contribution in [0.15, 0.2) is 28.3 Å². The number of anilines is 2. The van der Waals surface area contributed by atoms with Gasteiger partial charge in [-0.25, -0.2) is 9.97 Å². The van der Waals surface area contributed by atoms with Gasteiger partial charge < -0.3 is 15.5 Å². The summed E-state index contributed by atoms with van der Waals surface area (Å²) in [5.41, 5.74) is 0.691. The molecule has 1 heterocycles. The first-order valence-electron chi connectivity index (χ1n) is 9.63. The van der Waals surface area contributed by atoms with Crippen LogP contribution < -0.4 is 15.5 Å². The molecular weight excluding hydrogens is 442 g/mol. The van der Waals surface area contributed by atoms with Crippen LogP contribution in [-0.4, -0.2) is 47.4 Å². The molecule has 1 fully saturated rings. The lowest BCUT2D eigenvalue weighted by Crippen LogP contribution is -2.40. The first-order valence-corrected chi connectivity index (χ1v) is 10.9. The second-order valence-electron chi connectivity index (χ2n) is 7.61. The van der Waals surface area contributed by atoms with E-state index >= 15 is 0 Å². The van der Waals surface area contributed by atoms with Crippen LogP contribution in [0, 0.1) is 6.92 Å². The number of aromatic nitrogens is 2. The summed E-state index contributed by atoms with van der Waals surface area (Å²) in [6.07, 6.45) is 8.29. The highest BCUT2D eigenvalue weighted by atomic mass is 79.9. The van der Waals surface area contributed by atoms with Crippen LogP contribution in [-0.2, 0) is 4.79 Å². The fraction of sp³-hybridized carbons (Fsp3) is 0.550. The van der Waals surface area contributed by atoms with Crippen molar-refractivity contribution >= 4 is 45.1 Å². The number of nitrogens with one attached hydrogen (secondary N) is 2. The van der Waals surface area contributed by atoms with Crippen LogP contribution >= 0.6 is 27.5 Å². The molecule has 1 saturated carbocycles. The van der Waals surface area contributed by atoms with Crippen LogP contribution in [0.4, 0.5) is 11.6 Å². The van der Waals surface area contributed by atoms with Gasteiger partial charge in [0, 0.05) is 42.3 Å². The van der Waals surface area contributed by atoms with Gasteiger partial charge in [0.15, 0.2) is 0 Å². The van der Waals surface area contributed by atoms with Gasteiger partial charge in [-0.3, -0.25) is 4.79 Å². The molecule has 0 saturated heterocycles. The number of carbonyl (C=O) groups excluding carboxylic acids is 1.